The van der Waals surface area contributed by atoms with Gasteiger partial charge in [-0.15, -0.1) is 0 Å². The molecule has 0 saturated heterocycles. The Morgan fingerprint density at radius 2 is 1.07 bits per heavy atom. The smallest absolute Gasteiger partial charge is 0.333 e. The molecular weight excluding hydrogens is 723 g/mol. The summed E-state index contributed by atoms with van der Waals surface area (Å²) in [4.78, 5) is 5.31. The minimum absolute atomic E-state index is 0.0181. The van der Waals surface area contributed by atoms with E-state index in [0.29, 0.717) is 0 Å². The molecule has 2 aliphatic heterocycles. The van der Waals surface area contributed by atoms with E-state index in [1.165, 1.54) is 139 Å². The van der Waals surface area contributed by atoms with E-state index in [1.54, 1.807) is 0 Å². The molecule has 0 unspecified atom stereocenters. The molecule has 298 valence electrons. The normalized spacial score (nSPS) is 14.1. The summed E-state index contributed by atoms with van der Waals surface area (Å²) in [6, 6.07) is 56.7. The highest BCUT2D eigenvalue weighted by atomic mass is 15.2. The van der Waals surface area contributed by atoms with Crippen molar-refractivity contribution in [3.63, 3.8) is 0 Å². The molecule has 0 atom stereocenters. The Bertz CT molecular complexity index is 2690. The van der Waals surface area contributed by atoms with E-state index in [4.69, 9.17) is 0 Å². The van der Waals surface area contributed by atoms with Gasteiger partial charge < -0.3 is 9.71 Å². The molecule has 0 spiro atoms. The first-order valence-electron chi connectivity index (χ1n) is 22.8. The zero-order valence-corrected chi connectivity index (χ0v) is 36.2. The number of unbranched alkanes of at least 4 members (excludes halogenated alkanes) is 3. The van der Waals surface area contributed by atoms with Crippen molar-refractivity contribution in [2.45, 2.75) is 97.8 Å². The Morgan fingerprint density at radius 1 is 0.450 bits per heavy atom. The van der Waals surface area contributed by atoms with Gasteiger partial charge in [0.05, 0.1) is 0 Å². The molecule has 3 aliphatic rings. The standard InChI is InChI=1S/C57H57BN2/c1-6-9-17-39-24-29-44(30-25-39)59-53-33-28-41(19-11-8-3)34-52(53)58-56-49(35-43(36-55(56)59)42-20-13-12-14-21-42)48-37-47-46-22-15-16-23-50(46)57(4,5)51(47)38-54(48)60(58)45-31-26-40(27-32-45)18-10-7-2/h12-16,20-38H,6-11,17-19H2,1-5H3. The van der Waals surface area contributed by atoms with Crippen molar-refractivity contribution in [3.05, 3.63) is 173 Å². The van der Waals surface area contributed by atoms with Crippen molar-refractivity contribution >= 4 is 46.2 Å². The molecule has 2 heterocycles. The Morgan fingerprint density at radius 3 is 1.75 bits per heavy atom. The van der Waals surface area contributed by atoms with Gasteiger partial charge in [0.1, 0.15) is 0 Å². The van der Waals surface area contributed by atoms with E-state index in [0.717, 1.165) is 19.3 Å². The van der Waals surface area contributed by atoms with Crippen molar-refractivity contribution in [3.8, 4) is 33.4 Å². The molecule has 0 aromatic heterocycles. The maximum absolute atomic E-state index is 2.72. The summed E-state index contributed by atoms with van der Waals surface area (Å²) in [6.45, 7) is 11.7. The molecular formula is C57H57BN2. The summed E-state index contributed by atoms with van der Waals surface area (Å²) >= 11 is 0. The van der Waals surface area contributed by atoms with Gasteiger partial charge in [0.15, 0.2) is 0 Å². The SMILES string of the molecule is CCCCc1ccc(N2B3c4cc(CCCC)ccc4N(c4ccc(CCCC)cc4)c4cc(-c5ccccc5)cc(c43)-c3cc4c(cc32)C(C)(C)c2ccccc2-4)cc1. The van der Waals surface area contributed by atoms with Gasteiger partial charge in [0.2, 0.25) is 0 Å². The van der Waals surface area contributed by atoms with E-state index in [-0.39, 0.29) is 12.3 Å². The summed E-state index contributed by atoms with van der Waals surface area (Å²) in [6.07, 6.45) is 10.5. The van der Waals surface area contributed by atoms with E-state index in [9.17, 15) is 0 Å². The zero-order chi connectivity index (χ0) is 41.0. The Kier molecular flexibility index (Phi) is 10.0. The number of aryl methyl sites for hydroxylation is 3. The van der Waals surface area contributed by atoms with Crippen molar-refractivity contribution in [1.82, 2.24) is 0 Å². The molecule has 60 heavy (non-hydrogen) atoms. The lowest BCUT2D eigenvalue weighted by Gasteiger charge is -2.46. The predicted molar refractivity (Wildman–Crippen MR) is 259 cm³/mol. The van der Waals surface area contributed by atoms with Crippen LogP contribution in [0.1, 0.15) is 101 Å². The average molecular weight is 781 g/mol. The molecule has 0 saturated carbocycles. The fourth-order valence-electron chi connectivity index (χ4n) is 10.5. The van der Waals surface area contributed by atoms with Crippen molar-refractivity contribution in [2.24, 2.45) is 0 Å². The number of benzene rings is 7. The molecule has 0 amide bonds. The predicted octanol–water partition coefficient (Wildman–Crippen LogP) is 14.4. The van der Waals surface area contributed by atoms with Crippen LogP contribution in [-0.4, -0.2) is 6.85 Å². The fourth-order valence-corrected chi connectivity index (χ4v) is 10.5. The summed E-state index contributed by atoms with van der Waals surface area (Å²) in [5.41, 5.74) is 23.8. The van der Waals surface area contributed by atoms with Gasteiger partial charge in [-0.3, -0.25) is 0 Å². The molecule has 7 aromatic rings. The highest BCUT2D eigenvalue weighted by molar-refractivity contribution is 6.93. The molecule has 0 fully saturated rings. The Balaban J connectivity index is 1.29. The maximum Gasteiger partial charge on any atom is 0.333 e. The second kappa shape index (κ2) is 15.7. The number of fused-ring (bicyclic) bond motifs is 7. The van der Waals surface area contributed by atoms with Gasteiger partial charge >= 0.3 is 6.85 Å². The van der Waals surface area contributed by atoms with Crippen LogP contribution in [0.15, 0.2) is 146 Å². The second-order valence-corrected chi connectivity index (χ2v) is 18.1. The minimum Gasteiger partial charge on any atom is -0.376 e. The fraction of sp³-hybridized carbons (Fsp3) is 0.263. The van der Waals surface area contributed by atoms with Crippen LogP contribution in [0.25, 0.3) is 33.4 Å². The third kappa shape index (κ3) is 6.40. The Hall–Kier alpha value is -5.80. The molecule has 1 aliphatic carbocycles. The van der Waals surface area contributed by atoms with Gasteiger partial charge in [-0.25, -0.2) is 0 Å². The quantitative estimate of drug-likeness (QED) is 0.114. The van der Waals surface area contributed by atoms with Crippen LogP contribution in [0.5, 0.6) is 0 Å². The van der Waals surface area contributed by atoms with E-state index in [2.05, 4.69) is 190 Å². The largest absolute Gasteiger partial charge is 0.376 e. The number of rotatable bonds is 12. The van der Waals surface area contributed by atoms with Crippen LogP contribution in [0.3, 0.4) is 0 Å². The van der Waals surface area contributed by atoms with Crippen molar-refractivity contribution in [2.75, 3.05) is 9.71 Å². The number of anilines is 5. The number of nitrogens with zero attached hydrogens (tertiary/aromatic N) is 2. The Labute approximate surface area is 359 Å². The summed E-state index contributed by atoms with van der Waals surface area (Å²) in [5.74, 6) is 0. The molecule has 2 nitrogen and oxygen atoms in total. The van der Waals surface area contributed by atoms with Crippen LogP contribution in [-0.2, 0) is 24.7 Å². The van der Waals surface area contributed by atoms with E-state index in [1.807, 2.05) is 0 Å². The van der Waals surface area contributed by atoms with Gasteiger partial charge in [-0.1, -0.05) is 145 Å². The molecule has 10 rings (SSSR count). The molecule has 7 aromatic carbocycles. The third-order valence-corrected chi connectivity index (χ3v) is 13.8. The van der Waals surface area contributed by atoms with Crippen LogP contribution < -0.4 is 20.6 Å². The first-order valence-corrected chi connectivity index (χ1v) is 22.8. The zero-order valence-electron chi connectivity index (χ0n) is 36.2. The topological polar surface area (TPSA) is 6.48 Å². The number of hydrogen-bond donors (Lipinski definition) is 0. The highest BCUT2D eigenvalue weighted by Gasteiger charge is 2.47. The lowest BCUT2D eigenvalue weighted by Crippen LogP contribution is -2.61. The average Bonchev–Trinajstić information content (AvgIpc) is 3.51. The highest BCUT2D eigenvalue weighted by Crippen LogP contribution is 2.55. The van der Waals surface area contributed by atoms with Gasteiger partial charge in [-0.2, -0.15) is 0 Å². The number of hydrogen-bond acceptors (Lipinski definition) is 2. The summed E-state index contributed by atoms with van der Waals surface area (Å²) in [5, 5.41) is 0. The van der Waals surface area contributed by atoms with Crippen LogP contribution >= 0.6 is 0 Å². The third-order valence-electron chi connectivity index (χ3n) is 13.8. The summed E-state index contributed by atoms with van der Waals surface area (Å²) in [7, 11) is 0. The summed E-state index contributed by atoms with van der Waals surface area (Å²) < 4.78 is 0. The first kappa shape index (κ1) is 38.4. The first-order chi connectivity index (χ1) is 29.4. The van der Waals surface area contributed by atoms with Crippen LogP contribution in [0, 0.1) is 0 Å². The molecule has 0 radical (unpaired) electrons. The monoisotopic (exact) mass is 780 g/mol. The van der Waals surface area contributed by atoms with Crippen molar-refractivity contribution in [1.29, 1.82) is 0 Å². The minimum atomic E-state index is -0.119. The van der Waals surface area contributed by atoms with Crippen molar-refractivity contribution < 1.29 is 0 Å². The maximum atomic E-state index is 2.72. The van der Waals surface area contributed by atoms with Gasteiger partial charge in [-0.05, 0) is 160 Å². The van der Waals surface area contributed by atoms with Gasteiger partial charge in [0, 0.05) is 39.4 Å². The van der Waals surface area contributed by atoms with Crippen LogP contribution in [0.2, 0.25) is 0 Å². The lowest BCUT2D eigenvalue weighted by molar-refractivity contribution is 0.660. The molecule has 3 heteroatoms. The second-order valence-electron chi connectivity index (χ2n) is 18.1. The van der Waals surface area contributed by atoms with Crippen LogP contribution in [0.4, 0.5) is 28.4 Å². The lowest BCUT2D eigenvalue weighted by atomic mass is 9.43. The van der Waals surface area contributed by atoms with E-state index < -0.39 is 0 Å². The van der Waals surface area contributed by atoms with E-state index >= 15 is 0 Å². The molecule has 0 bridgehead atoms. The van der Waals surface area contributed by atoms with Gasteiger partial charge in [0.25, 0.3) is 0 Å². The molecule has 0 N–H and O–H groups in total.